The zero-order valence-electron chi connectivity index (χ0n) is 21.3. The summed E-state index contributed by atoms with van der Waals surface area (Å²) >= 11 is 9.77. The highest BCUT2D eigenvalue weighted by Crippen LogP contribution is 2.27. The van der Waals surface area contributed by atoms with Crippen molar-refractivity contribution in [2.75, 3.05) is 17.4 Å². The summed E-state index contributed by atoms with van der Waals surface area (Å²) in [7, 11) is -4.11. The van der Waals surface area contributed by atoms with Gasteiger partial charge < -0.3 is 10.2 Å². The summed E-state index contributed by atoms with van der Waals surface area (Å²) in [4.78, 5) is 28.3. The molecule has 3 rings (SSSR count). The van der Waals surface area contributed by atoms with Crippen molar-refractivity contribution in [3.8, 4) is 0 Å². The summed E-state index contributed by atoms with van der Waals surface area (Å²) in [5.41, 5.74) is 0.963. The Morgan fingerprint density at radius 2 is 1.68 bits per heavy atom. The van der Waals surface area contributed by atoms with Crippen molar-refractivity contribution >= 4 is 55.1 Å². The number of rotatable bonds is 12. The van der Waals surface area contributed by atoms with Gasteiger partial charge in [-0.15, -0.1) is 0 Å². The molecule has 0 aliphatic heterocycles. The van der Waals surface area contributed by atoms with Gasteiger partial charge >= 0.3 is 0 Å². The molecule has 2 amide bonds. The van der Waals surface area contributed by atoms with Crippen molar-refractivity contribution in [3.63, 3.8) is 0 Å². The van der Waals surface area contributed by atoms with Gasteiger partial charge in [0.2, 0.25) is 11.8 Å². The maximum Gasteiger partial charge on any atom is 0.264 e. The van der Waals surface area contributed by atoms with E-state index in [1.54, 1.807) is 73.7 Å². The first-order chi connectivity index (χ1) is 18.1. The van der Waals surface area contributed by atoms with Crippen LogP contribution in [0.2, 0.25) is 5.02 Å². The second-order valence-corrected chi connectivity index (χ2v) is 11.9. The highest BCUT2D eigenvalue weighted by atomic mass is 79.9. The molecule has 0 spiro atoms. The van der Waals surface area contributed by atoms with Gasteiger partial charge in [-0.3, -0.25) is 13.9 Å². The van der Waals surface area contributed by atoms with Gasteiger partial charge in [0.1, 0.15) is 12.6 Å². The van der Waals surface area contributed by atoms with Crippen molar-refractivity contribution in [1.82, 2.24) is 10.2 Å². The Balaban J connectivity index is 2.00. The number of carbonyl (C=O) groups is 2. The molecule has 3 aromatic rings. The minimum atomic E-state index is -4.11. The number of amides is 2. The molecule has 0 bridgehead atoms. The molecule has 0 saturated carbocycles. The van der Waals surface area contributed by atoms with Gasteiger partial charge in [-0.1, -0.05) is 83.3 Å². The van der Waals surface area contributed by atoms with Crippen molar-refractivity contribution in [3.05, 3.63) is 93.9 Å². The lowest BCUT2D eigenvalue weighted by atomic mass is 10.1. The van der Waals surface area contributed by atoms with Crippen molar-refractivity contribution < 1.29 is 18.0 Å². The second-order valence-electron chi connectivity index (χ2n) is 8.74. The maximum absolute atomic E-state index is 13.9. The van der Waals surface area contributed by atoms with E-state index in [1.165, 1.54) is 17.0 Å². The molecule has 0 unspecified atom stereocenters. The minimum absolute atomic E-state index is 0.0403. The predicted molar refractivity (Wildman–Crippen MR) is 154 cm³/mol. The molecule has 202 valence electrons. The van der Waals surface area contributed by atoms with Crippen LogP contribution < -0.4 is 9.62 Å². The Kier molecular flexibility index (Phi) is 10.8. The Labute approximate surface area is 238 Å². The molecule has 0 saturated heterocycles. The van der Waals surface area contributed by atoms with Crippen LogP contribution >= 0.6 is 27.5 Å². The summed E-state index contributed by atoms with van der Waals surface area (Å²) in [6, 6.07) is 20.8. The van der Waals surface area contributed by atoms with Crippen molar-refractivity contribution in [2.45, 2.75) is 44.2 Å². The number of hydrogen-bond donors (Lipinski definition) is 1. The smallest absolute Gasteiger partial charge is 0.264 e. The number of nitrogens with zero attached hydrogens (tertiary/aromatic N) is 2. The summed E-state index contributed by atoms with van der Waals surface area (Å²) in [5.74, 6) is -0.860. The van der Waals surface area contributed by atoms with Crippen LogP contribution in [0.4, 0.5) is 5.69 Å². The minimum Gasteiger partial charge on any atom is -0.354 e. The van der Waals surface area contributed by atoms with Crippen molar-refractivity contribution in [1.29, 1.82) is 0 Å². The molecule has 0 radical (unpaired) electrons. The average Bonchev–Trinajstić information content (AvgIpc) is 2.91. The first-order valence-corrected chi connectivity index (χ1v) is 14.9. The molecule has 0 aliphatic rings. The fraction of sp³-hybridized carbons (Fsp3) is 0.286. The molecule has 1 atom stereocenters. The highest BCUT2D eigenvalue weighted by Gasteiger charge is 2.32. The van der Waals surface area contributed by atoms with Gasteiger partial charge in [-0.05, 0) is 55.3 Å². The number of carbonyl (C=O) groups excluding carboxylic acids is 2. The number of halogens is 2. The van der Waals surface area contributed by atoms with Gasteiger partial charge in [0.15, 0.2) is 0 Å². The predicted octanol–water partition coefficient (Wildman–Crippen LogP) is 5.63. The largest absolute Gasteiger partial charge is 0.354 e. The van der Waals surface area contributed by atoms with Gasteiger partial charge in [-0.25, -0.2) is 8.42 Å². The number of unbranched alkanes of at least 4 members (excludes halogenated alkanes) is 1. The molecule has 38 heavy (non-hydrogen) atoms. The topological polar surface area (TPSA) is 86.8 Å². The van der Waals surface area contributed by atoms with Crippen molar-refractivity contribution in [2.24, 2.45) is 0 Å². The number of nitrogens with one attached hydrogen (secondary N) is 1. The summed E-state index contributed by atoms with van der Waals surface area (Å²) < 4.78 is 29.2. The molecule has 3 aromatic carbocycles. The first-order valence-electron chi connectivity index (χ1n) is 12.3. The quantitative estimate of drug-likeness (QED) is 0.266. The van der Waals surface area contributed by atoms with E-state index in [-0.39, 0.29) is 17.3 Å². The van der Waals surface area contributed by atoms with Crippen LogP contribution in [-0.4, -0.2) is 44.3 Å². The van der Waals surface area contributed by atoms with Crippen LogP contribution in [0.1, 0.15) is 32.3 Å². The molecular weight excluding hydrogens is 590 g/mol. The first kappa shape index (κ1) is 29.7. The lowest BCUT2D eigenvalue weighted by Crippen LogP contribution is -2.51. The molecule has 0 aromatic heterocycles. The van der Waals surface area contributed by atoms with E-state index >= 15 is 0 Å². The third-order valence-corrected chi connectivity index (χ3v) is 8.65. The van der Waals surface area contributed by atoms with E-state index < -0.39 is 28.5 Å². The molecule has 0 heterocycles. The Morgan fingerprint density at radius 3 is 2.34 bits per heavy atom. The summed E-state index contributed by atoms with van der Waals surface area (Å²) in [6.45, 7) is 3.67. The van der Waals surface area contributed by atoms with Gasteiger partial charge in [0.05, 0.1) is 10.6 Å². The number of anilines is 1. The molecular formula is C28H31BrClN3O4S. The van der Waals surface area contributed by atoms with E-state index in [9.17, 15) is 18.0 Å². The zero-order chi connectivity index (χ0) is 27.7. The third kappa shape index (κ3) is 7.58. The average molecular weight is 621 g/mol. The van der Waals surface area contributed by atoms with Crippen LogP contribution in [0.3, 0.4) is 0 Å². The van der Waals surface area contributed by atoms with Gasteiger partial charge in [0, 0.05) is 22.6 Å². The fourth-order valence-electron chi connectivity index (χ4n) is 3.81. The number of sulfonamides is 1. The van der Waals surface area contributed by atoms with E-state index in [4.69, 9.17) is 11.6 Å². The Morgan fingerprint density at radius 1 is 1.00 bits per heavy atom. The monoisotopic (exact) mass is 619 g/mol. The van der Waals surface area contributed by atoms with E-state index in [0.717, 1.165) is 17.1 Å². The molecule has 7 nitrogen and oxygen atoms in total. The van der Waals surface area contributed by atoms with Crippen LogP contribution in [0.5, 0.6) is 0 Å². The normalized spacial score (nSPS) is 12.0. The molecule has 0 aliphatic carbocycles. The number of benzene rings is 3. The zero-order valence-corrected chi connectivity index (χ0v) is 24.5. The molecule has 1 N–H and O–H groups in total. The lowest BCUT2D eigenvalue weighted by molar-refractivity contribution is -0.139. The van der Waals surface area contributed by atoms with Crippen LogP contribution in [-0.2, 0) is 26.2 Å². The van der Waals surface area contributed by atoms with Gasteiger partial charge in [0.25, 0.3) is 10.0 Å². The SMILES string of the molecule is CCCCNC(=O)[C@@H](C)N(Cc1ccccc1Cl)C(=O)CN(c1cccc(Br)c1)S(=O)(=O)c1ccccc1. The van der Waals surface area contributed by atoms with Crippen LogP contribution in [0.15, 0.2) is 88.2 Å². The molecule has 0 fully saturated rings. The van der Waals surface area contributed by atoms with Gasteiger partial charge in [-0.2, -0.15) is 0 Å². The molecule has 10 heteroatoms. The second kappa shape index (κ2) is 13.8. The standard InChI is InChI=1S/C28H31BrClN3O4S/c1-3-4-17-31-28(35)21(2)32(19-22-11-8-9-16-26(22)30)27(34)20-33(24-13-10-12-23(29)18-24)38(36,37)25-14-6-5-7-15-25/h5-16,18,21H,3-4,17,19-20H2,1-2H3,(H,31,35)/t21-/m1/s1. The maximum atomic E-state index is 13.9. The van der Waals surface area contributed by atoms with Crippen LogP contribution in [0.25, 0.3) is 0 Å². The highest BCUT2D eigenvalue weighted by molar-refractivity contribution is 9.10. The Hall–Kier alpha value is -2.88. The fourth-order valence-corrected chi connectivity index (χ4v) is 5.82. The number of hydrogen-bond acceptors (Lipinski definition) is 4. The van der Waals surface area contributed by atoms with Crippen LogP contribution in [0, 0.1) is 0 Å². The lowest BCUT2D eigenvalue weighted by Gasteiger charge is -2.32. The third-order valence-electron chi connectivity index (χ3n) is 6.00. The van der Waals surface area contributed by atoms with E-state index in [0.29, 0.717) is 27.3 Å². The van der Waals surface area contributed by atoms with E-state index in [2.05, 4.69) is 21.2 Å². The summed E-state index contributed by atoms with van der Waals surface area (Å²) in [5, 5.41) is 3.31. The summed E-state index contributed by atoms with van der Waals surface area (Å²) in [6.07, 6.45) is 1.72. The Bertz CT molecular complexity index is 1350. The van der Waals surface area contributed by atoms with E-state index in [1.807, 2.05) is 6.92 Å².